The van der Waals surface area contributed by atoms with Gasteiger partial charge in [0, 0.05) is 34.1 Å². The second-order valence-corrected chi connectivity index (χ2v) is 8.98. The van der Waals surface area contributed by atoms with Crippen molar-refractivity contribution in [2.24, 2.45) is 0 Å². The Morgan fingerprint density at radius 1 is 1.20 bits per heavy atom. The predicted molar refractivity (Wildman–Crippen MR) is 118 cm³/mol. The molecule has 0 aliphatic heterocycles. The van der Waals surface area contributed by atoms with Crippen molar-refractivity contribution in [1.82, 2.24) is 0 Å². The van der Waals surface area contributed by atoms with E-state index in [0.717, 1.165) is 32.0 Å². The summed E-state index contributed by atoms with van der Waals surface area (Å²) >= 11 is 1.66. The molecule has 0 saturated heterocycles. The van der Waals surface area contributed by atoms with Gasteiger partial charge in [-0.1, -0.05) is 43.7 Å². The fourth-order valence-corrected chi connectivity index (χ4v) is 4.57. The van der Waals surface area contributed by atoms with E-state index in [1.54, 1.807) is 29.5 Å². The Morgan fingerprint density at radius 3 is 2.37 bits per heavy atom. The van der Waals surface area contributed by atoms with E-state index in [0.29, 0.717) is 0 Å². The number of halogens is 1. The highest BCUT2D eigenvalue weighted by Gasteiger charge is 2.19. The normalized spacial score (nSPS) is 13.6. The van der Waals surface area contributed by atoms with E-state index in [1.807, 2.05) is 19.9 Å². The van der Waals surface area contributed by atoms with Crippen LogP contribution < -0.4 is 5.11 Å². The summed E-state index contributed by atoms with van der Waals surface area (Å²) in [6.07, 6.45) is 2.65. The molecule has 1 heterocycles. The molecule has 1 aromatic carbocycles. The summed E-state index contributed by atoms with van der Waals surface area (Å²) in [7, 11) is 0. The quantitative estimate of drug-likeness (QED) is 0.618. The van der Waals surface area contributed by atoms with Crippen molar-refractivity contribution in [3.63, 3.8) is 0 Å². The van der Waals surface area contributed by atoms with Gasteiger partial charge in [0.2, 0.25) is 0 Å². The minimum absolute atomic E-state index is 0.0989. The first-order chi connectivity index (χ1) is 14.1. The van der Waals surface area contributed by atoms with E-state index in [2.05, 4.69) is 19.9 Å². The molecule has 6 heteroatoms. The summed E-state index contributed by atoms with van der Waals surface area (Å²) in [5.74, 6) is -1.44. The highest BCUT2D eigenvalue weighted by molar-refractivity contribution is 7.13. The van der Waals surface area contributed by atoms with Crippen molar-refractivity contribution >= 4 is 29.5 Å². The van der Waals surface area contributed by atoms with Crippen molar-refractivity contribution in [3.8, 4) is 11.1 Å². The van der Waals surface area contributed by atoms with Gasteiger partial charge in [0.05, 0.1) is 12.2 Å². The van der Waals surface area contributed by atoms with Crippen LogP contribution in [0.25, 0.3) is 23.3 Å². The zero-order valence-electron chi connectivity index (χ0n) is 17.7. The highest BCUT2D eigenvalue weighted by atomic mass is 32.1. The van der Waals surface area contributed by atoms with Crippen LogP contribution in [-0.2, 0) is 4.79 Å². The van der Waals surface area contributed by atoms with E-state index in [4.69, 9.17) is 0 Å². The SMILES string of the molecule is CC(C)=Cc1sc(C(C)C)c(/C=C/[C@@H](O)C[C@@H](O)CC(=O)[O-])c1-c1ccc(F)cc1. The minimum Gasteiger partial charge on any atom is -0.550 e. The molecule has 2 aromatic rings. The van der Waals surface area contributed by atoms with Gasteiger partial charge in [0.15, 0.2) is 0 Å². The van der Waals surface area contributed by atoms with Crippen LogP contribution in [0.4, 0.5) is 4.39 Å². The third-order valence-corrected chi connectivity index (χ3v) is 5.93. The molecule has 30 heavy (non-hydrogen) atoms. The molecule has 0 radical (unpaired) electrons. The Labute approximate surface area is 181 Å². The lowest BCUT2D eigenvalue weighted by Crippen LogP contribution is -2.29. The van der Waals surface area contributed by atoms with Gasteiger partial charge in [0.1, 0.15) is 5.82 Å². The molecule has 4 nitrogen and oxygen atoms in total. The van der Waals surface area contributed by atoms with Crippen molar-refractivity contribution in [3.05, 3.63) is 57.0 Å². The molecule has 0 fully saturated rings. The number of carboxylic acid groups (broad SMARTS) is 1. The zero-order valence-corrected chi connectivity index (χ0v) is 18.5. The summed E-state index contributed by atoms with van der Waals surface area (Å²) in [5.41, 5.74) is 3.90. The van der Waals surface area contributed by atoms with Crippen LogP contribution in [0.2, 0.25) is 0 Å². The van der Waals surface area contributed by atoms with Crippen LogP contribution in [0.5, 0.6) is 0 Å². The average Bonchev–Trinajstić information content (AvgIpc) is 2.97. The second-order valence-electron chi connectivity index (χ2n) is 7.89. The third-order valence-electron chi connectivity index (χ3n) is 4.48. The van der Waals surface area contributed by atoms with Crippen LogP contribution in [0.1, 0.15) is 61.8 Å². The molecule has 2 atom stereocenters. The standard InChI is InChI=1S/C24H29FO4S/c1-14(2)11-21-23(16-5-7-17(25)8-6-16)20(24(30-21)15(3)4)10-9-18(26)12-19(27)13-22(28)29/h5-11,15,18-19,26-27H,12-13H2,1-4H3,(H,28,29)/p-1/b10-9+/t18-,19-/m1/s1. The number of thiophene rings is 1. The van der Waals surface area contributed by atoms with E-state index in [9.17, 15) is 24.5 Å². The number of hydrogen-bond donors (Lipinski definition) is 2. The van der Waals surface area contributed by atoms with E-state index in [1.165, 1.54) is 12.1 Å². The molecule has 2 rings (SSSR count). The number of aliphatic hydroxyl groups is 2. The Bertz CT molecular complexity index is 921. The molecular formula is C24H28FO4S-. The number of hydrogen-bond acceptors (Lipinski definition) is 5. The van der Waals surface area contributed by atoms with Gasteiger partial charge >= 0.3 is 0 Å². The fraction of sp³-hybridized carbons (Fsp3) is 0.375. The summed E-state index contributed by atoms with van der Waals surface area (Å²) in [4.78, 5) is 12.8. The summed E-state index contributed by atoms with van der Waals surface area (Å²) in [6.45, 7) is 8.20. The minimum atomic E-state index is -1.36. The number of carboxylic acids is 1. The van der Waals surface area contributed by atoms with E-state index >= 15 is 0 Å². The molecule has 2 N–H and O–H groups in total. The molecule has 162 valence electrons. The first kappa shape index (κ1) is 24.0. The average molecular weight is 432 g/mol. The number of aliphatic carboxylic acids is 1. The number of allylic oxidation sites excluding steroid dienone is 1. The number of benzene rings is 1. The van der Waals surface area contributed by atoms with Crippen LogP contribution >= 0.6 is 11.3 Å². The van der Waals surface area contributed by atoms with Gasteiger partial charge in [-0.3, -0.25) is 0 Å². The predicted octanol–water partition coefficient (Wildman–Crippen LogP) is 4.37. The van der Waals surface area contributed by atoms with Crippen LogP contribution in [0, 0.1) is 5.82 Å². The number of carbonyl (C=O) groups is 1. The number of rotatable bonds is 9. The van der Waals surface area contributed by atoms with E-state index in [-0.39, 0.29) is 18.2 Å². The van der Waals surface area contributed by atoms with Gasteiger partial charge in [0.25, 0.3) is 0 Å². The summed E-state index contributed by atoms with van der Waals surface area (Å²) < 4.78 is 13.5. The zero-order chi connectivity index (χ0) is 22.4. The van der Waals surface area contributed by atoms with Gasteiger partial charge in [-0.05, 0) is 49.1 Å². The molecule has 1 aromatic heterocycles. The molecule has 0 unspecified atom stereocenters. The third kappa shape index (κ3) is 6.62. The summed E-state index contributed by atoms with van der Waals surface area (Å²) in [5, 5.41) is 30.6. The number of carbonyl (C=O) groups excluding carboxylic acids is 1. The lowest BCUT2D eigenvalue weighted by Gasteiger charge is -2.14. The maximum atomic E-state index is 13.5. The lowest BCUT2D eigenvalue weighted by molar-refractivity contribution is -0.307. The van der Waals surface area contributed by atoms with Crippen LogP contribution in [0.3, 0.4) is 0 Å². The Morgan fingerprint density at radius 2 is 1.83 bits per heavy atom. The summed E-state index contributed by atoms with van der Waals surface area (Å²) in [6, 6.07) is 6.32. The highest BCUT2D eigenvalue weighted by Crippen LogP contribution is 2.42. The van der Waals surface area contributed by atoms with Crippen molar-refractivity contribution < 1.29 is 24.5 Å². The van der Waals surface area contributed by atoms with Gasteiger partial charge in [-0.25, -0.2) is 4.39 Å². The Hall–Kier alpha value is -2.28. The molecule has 0 spiro atoms. The fourth-order valence-electron chi connectivity index (χ4n) is 3.19. The topological polar surface area (TPSA) is 80.6 Å². The Kier molecular flexibility index (Phi) is 8.53. The first-order valence-corrected chi connectivity index (χ1v) is 10.7. The van der Waals surface area contributed by atoms with E-state index < -0.39 is 24.6 Å². The van der Waals surface area contributed by atoms with Crippen molar-refractivity contribution in [1.29, 1.82) is 0 Å². The van der Waals surface area contributed by atoms with Gasteiger partial charge in [-0.15, -0.1) is 11.3 Å². The molecular weight excluding hydrogens is 403 g/mol. The molecule has 0 aliphatic rings. The second kappa shape index (κ2) is 10.7. The van der Waals surface area contributed by atoms with Gasteiger partial charge < -0.3 is 20.1 Å². The maximum Gasteiger partial charge on any atom is 0.123 e. The van der Waals surface area contributed by atoms with Crippen LogP contribution in [0.15, 0.2) is 35.9 Å². The van der Waals surface area contributed by atoms with Gasteiger partial charge in [-0.2, -0.15) is 0 Å². The molecule has 0 aliphatic carbocycles. The van der Waals surface area contributed by atoms with Crippen molar-refractivity contribution in [2.75, 3.05) is 0 Å². The Balaban J connectivity index is 2.50. The maximum absolute atomic E-state index is 13.5. The number of aliphatic hydroxyl groups excluding tert-OH is 2. The lowest BCUT2D eigenvalue weighted by atomic mass is 9.95. The molecule has 0 bridgehead atoms. The monoisotopic (exact) mass is 431 g/mol. The first-order valence-electron chi connectivity index (χ1n) is 9.90. The molecule has 0 saturated carbocycles. The van der Waals surface area contributed by atoms with Crippen LogP contribution in [-0.4, -0.2) is 28.4 Å². The smallest absolute Gasteiger partial charge is 0.123 e. The molecule has 0 amide bonds. The van der Waals surface area contributed by atoms with Crippen molar-refractivity contribution in [2.45, 2.75) is 58.7 Å². The largest absolute Gasteiger partial charge is 0.550 e.